The summed E-state index contributed by atoms with van der Waals surface area (Å²) in [5.41, 5.74) is 0.340. The normalized spacial score (nSPS) is 11.0. The third-order valence-electron chi connectivity index (χ3n) is 2.44. The van der Waals surface area contributed by atoms with Crippen molar-refractivity contribution in [2.75, 3.05) is 0 Å². The van der Waals surface area contributed by atoms with E-state index in [1.54, 1.807) is 0 Å². The van der Waals surface area contributed by atoms with Crippen molar-refractivity contribution in [1.82, 2.24) is 9.55 Å². The van der Waals surface area contributed by atoms with Crippen LogP contribution in [0.5, 0.6) is 5.75 Å². The van der Waals surface area contributed by atoms with Crippen molar-refractivity contribution in [3.63, 3.8) is 0 Å². The highest BCUT2D eigenvalue weighted by atomic mass is 19.3. The summed E-state index contributed by atoms with van der Waals surface area (Å²) in [7, 11) is 0. The quantitative estimate of drug-likeness (QED) is 0.909. The van der Waals surface area contributed by atoms with Gasteiger partial charge in [0.2, 0.25) is 0 Å². The van der Waals surface area contributed by atoms with Crippen LogP contribution in [0.4, 0.5) is 13.2 Å². The molecule has 19 heavy (non-hydrogen) atoms. The Labute approximate surface area is 107 Å². The van der Waals surface area contributed by atoms with Crippen LogP contribution in [0.2, 0.25) is 0 Å². The Hall–Kier alpha value is -2.02. The third kappa shape index (κ3) is 3.25. The molecule has 102 valence electrons. The Morgan fingerprint density at radius 1 is 1.32 bits per heavy atom. The monoisotopic (exact) mass is 272 g/mol. The van der Waals surface area contributed by atoms with E-state index in [0.717, 1.165) is 18.3 Å². The van der Waals surface area contributed by atoms with Crippen LogP contribution in [0.3, 0.4) is 0 Å². The van der Waals surface area contributed by atoms with E-state index in [-0.39, 0.29) is 24.8 Å². The average molecular weight is 272 g/mol. The zero-order valence-corrected chi connectivity index (χ0v) is 9.76. The standard InChI is InChI=1S/C12H11F3N2O2/c13-9-3-8(6-18)4-10(5-9)19-7-11-16-1-2-17(11)12(14)15/h1-5,12,18H,6-7H2. The highest BCUT2D eigenvalue weighted by Gasteiger charge is 2.12. The summed E-state index contributed by atoms with van der Waals surface area (Å²) in [5.74, 6) is -0.392. The summed E-state index contributed by atoms with van der Waals surface area (Å²) in [4.78, 5) is 3.73. The van der Waals surface area contributed by atoms with Gasteiger partial charge in [-0.2, -0.15) is 8.78 Å². The van der Waals surface area contributed by atoms with Crippen molar-refractivity contribution in [3.05, 3.63) is 47.8 Å². The maximum Gasteiger partial charge on any atom is 0.320 e. The molecule has 0 amide bonds. The van der Waals surface area contributed by atoms with Gasteiger partial charge in [0.25, 0.3) is 0 Å². The van der Waals surface area contributed by atoms with Crippen molar-refractivity contribution in [2.45, 2.75) is 19.8 Å². The van der Waals surface area contributed by atoms with Crippen LogP contribution in [-0.4, -0.2) is 14.7 Å². The maximum atomic E-state index is 13.2. The van der Waals surface area contributed by atoms with Crippen LogP contribution < -0.4 is 4.74 Å². The van der Waals surface area contributed by atoms with Gasteiger partial charge in [0.1, 0.15) is 18.2 Å². The van der Waals surface area contributed by atoms with Crippen molar-refractivity contribution in [2.24, 2.45) is 0 Å². The largest absolute Gasteiger partial charge is 0.486 e. The second kappa shape index (κ2) is 5.75. The predicted octanol–water partition coefficient (Wildman–Crippen LogP) is 2.49. The van der Waals surface area contributed by atoms with Gasteiger partial charge in [0.05, 0.1) is 6.61 Å². The summed E-state index contributed by atoms with van der Waals surface area (Å²) in [5, 5.41) is 8.92. The van der Waals surface area contributed by atoms with Gasteiger partial charge in [-0.1, -0.05) is 0 Å². The zero-order valence-electron chi connectivity index (χ0n) is 9.76. The van der Waals surface area contributed by atoms with Gasteiger partial charge in [0.15, 0.2) is 5.82 Å². The van der Waals surface area contributed by atoms with E-state index >= 15 is 0 Å². The Morgan fingerprint density at radius 2 is 2.11 bits per heavy atom. The minimum atomic E-state index is -2.71. The summed E-state index contributed by atoms with van der Waals surface area (Å²) in [6.45, 7) is -3.26. The van der Waals surface area contributed by atoms with E-state index < -0.39 is 12.4 Å². The summed E-state index contributed by atoms with van der Waals surface area (Å²) in [6, 6.07) is 3.69. The van der Waals surface area contributed by atoms with Gasteiger partial charge in [-0.3, -0.25) is 4.57 Å². The smallest absolute Gasteiger partial charge is 0.320 e. The lowest BCUT2D eigenvalue weighted by Crippen LogP contribution is -2.07. The van der Waals surface area contributed by atoms with Crippen molar-refractivity contribution in [3.8, 4) is 5.75 Å². The molecule has 0 saturated carbocycles. The molecular formula is C12H11F3N2O2. The topological polar surface area (TPSA) is 47.3 Å². The molecule has 1 N–H and O–H groups in total. The highest BCUT2D eigenvalue weighted by Crippen LogP contribution is 2.19. The number of benzene rings is 1. The minimum absolute atomic E-state index is 0.0322. The fourth-order valence-electron chi connectivity index (χ4n) is 1.58. The lowest BCUT2D eigenvalue weighted by atomic mass is 10.2. The first kappa shape index (κ1) is 13.4. The Kier molecular flexibility index (Phi) is 4.06. The fourth-order valence-corrected chi connectivity index (χ4v) is 1.58. The lowest BCUT2D eigenvalue weighted by molar-refractivity contribution is 0.0632. The number of aliphatic hydroxyl groups is 1. The zero-order chi connectivity index (χ0) is 13.8. The molecule has 2 rings (SSSR count). The van der Waals surface area contributed by atoms with E-state index in [0.29, 0.717) is 10.1 Å². The second-order valence-electron chi connectivity index (χ2n) is 3.77. The van der Waals surface area contributed by atoms with E-state index in [1.165, 1.54) is 12.3 Å². The maximum absolute atomic E-state index is 13.2. The molecule has 4 nitrogen and oxygen atoms in total. The number of hydrogen-bond donors (Lipinski definition) is 1. The van der Waals surface area contributed by atoms with E-state index in [2.05, 4.69) is 4.98 Å². The first-order valence-electron chi connectivity index (χ1n) is 5.43. The number of alkyl halides is 2. The summed E-state index contributed by atoms with van der Waals surface area (Å²) < 4.78 is 44.1. The van der Waals surface area contributed by atoms with Gasteiger partial charge in [0, 0.05) is 18.5 Å². The van der Waals surface area contributed by atoms with Gasteiger partial charge in [-0.15, -0.1) is 0 Å². The minimum Gasteiger partial charge on any atom is -0.486 e. The molecule has 2 aromatic rings. The number of halogens is 3. The first-order chi connectivity index (χ1) is 9.10. The molecule has 0 atom stereocenters. The molecule has 7 heteroatoms. The second-order valence-corrected chi connectivity index (χ2v) is 3.77. The first-order valence-corrected chi connectivity index (χ1v) is 5.43. The molecular weight excluding hydrogens is 261 g/mol. The summed E-state index contributed by atoms with van der Waals surface area (Å²) in [6.07, 6.45) is 2.36. The van der Waals surface area contributed by atoms with E-state index in [1.807, 2.05) is 0 Å². The number of imidazole rings is 1. The number of rotatable bonds is 5. The van der Waals surface area contributed by atoms with Crippen LogP contribution >= 0.6 is 0 Å². The Morgan fingerprint density at radius 3 is 2.79 bits per heavy atom. The van der Waals surface area contributed by atoms with Gasteiger partial charge in [-0.25, -0.2) is 9.37 Å². The van der Waals surface area contributed by atoms with Crippen molar-refractivity contribution >= 4 is 0 Å². The lowest BCUT2D eigenvalue weighted by Gasteiger charge is -2.09. The molecule has 1 heterocycles. The SMILES string of the molecule is OCc1cc(F)cc(OCc2nccn2C(F)F)c1. The van der Waals surface area contributed by atoms with Crippen LogP contribution in [-0.2, 0) is 13.2 Å². The number of aliphatic hydroxyl groups excluding tert-OH is 1. The molecule has 0 aliphatic heterocycles. The predicted molar refractivity (Wildman–Crippen MR) is 60.1 cm³/mol. The van der Waals surface area contributed by atoms with E-state index in [9.17, 15) is 13.2 Å². The molecule has 0 aliphatic rings. The molecule has 0 bridgehead atoms. The average Bonchev–Trinajstić information content (AvgIpc) is 2.84. The van der Waals surface area contributed by atoms with Gasteiger partial charge >= 0.3 is 6.55 Å². The molecule has 1 aromatic carbocycles. The fraction of sp³-hybridized carbons (Fsp3) is 0.250. The van der Waals surface area contributed by atoms with Crippen molar-refractivity contribution in [1.29, 1.82) is 0 Å². The Balaban J connectivity index is 2.10. The highest BCUT2D eigenvalue weighted by molar-refractivity contribution is 5.29. The molecule has 0 saturated heterocycles. The molecule has 0 aliphatic carbocycles. The number of ether oxygens (including phenoxy) is 1. The van der Waals surface area contributed by atoms with Crippen molar-refractivity contribution < 1.29 is 23.0 Å². The number of nitrogens with zero attached hydrogens (tertiary/aromatic N) is 2. The summed E-state index contributed by atoms with van der Waals surface area (Å²) >= 11 is 0. The van der Waals surface area contributed by atoms with E-state index in [4.69, 9.17) is 9.84 Å². The molecule has 0 spiro atoms. The molecule has 1 aromatic heterocycles. The van der Waals surface area contributed by atoms with Crippen LogP contribution in [0.1, 0.15) is 17.9 Å². The third-order valence-corrected chi connectivity index (χ3v) is 2.44. The molecule has 0 fully saturated rings. The molecule has 0 unspecified atom stereocenters. The Bertz CT molecular complexity index is 558. The number of hydrogen-bond acceptors (Lipinski definition) is 3. The van der Waals surface area contributed by atoms with Crippen LogP contribution in [0.15, 0.2) is 30.6 Å². The van der Waals surface area contributed by atoms with Crippen LogP contribution in [0.25, 0.3) is 0 Å². The number of aromatic nitrogens is 2. The van der Waals surface area contributed by atoms with Gasteiger partial charge in [-0.05, 0) is 17.7 Å². The van der Waals surface area contributed by atoms with Crippen LogP contribution in [0, 0.1) is 5.82 Å². The molecule has 0 radical (unpaired) electrons. The van der Waals surface area contributed by atoms with Gasteiger partial charge < -0.3 is 9.84 Å².